The first-order valence-electron chi connectivity index (χ1n) is 8.99. The highest BCUT2D eigenvalue weighted by atomic mass is 16.2. The zero-order valence-electron chi connectivity index (χ0n) is 16.0. The normalized spacial score (nSPS) is 26.1. The van der Waals surface area contributed by atoms with Crippen molar-refractivity contribution in [3.63, 3.8) is 0 Å². The van der Waals surface area contributed by atoms with Crippen molar-refractivity contribution >= 4 is 29.8 Å². The molecule has 7 amide bonds. The van der Waals surface area contributed by atoms with Crippen LogP contribution in [0, 0.1) is 5.92 Å². The molecule has 2 saturated heterocycles. The first kappa shape index (κ1) is 19.1. The molecule has 0 radical (unpaired) electrons. The van der Waals surface area contributed by atoms with Crippen LogP contribution in [0.15, 0.2) is 0 Å². The van der Waals surface area contributed by atoms with Crippen molar-refractivity contribution in [2.24, 2.45) is 11.7 Å². The molecule has 0 bridgehead atoms. The summed E-state index contributed by atoms with van der Waals surface area (Å²) in [5.41, 5.74) is 4.35. The van der Waals surface area contributed by atoms with Gasteiger partial charge in [-0.3, -0.25) is 24.2 Å². The third-order valence-electron chi connectivity index (χ3n) is 5.71. The Kier molecular flexibility index (Phi) is 4.40. The summed E-state index contributed by atoms with van der Waals surface area (Å²) in [5, 5.41) is 0. The van der Waals surface area contributed by atoms with Gasteiger partial charge in [0, 0.05) is 23.5 Å². The first-order valence-corrected chi connectivity index (χ1v) is 8.99. The molecule has 3 fully saturated rings. The Bertz CT molecular complexity index is 733. The molecule has 0 aromatic heterocycles. The van der Waals surface area contributed by atoms with Gasteiger partial charge in [-0.1, -0.05) is 0 Å². The SMILES string of the molecule is CC(C)N1CC(=O)N(C2CC2C(C)(C)N2CC(=O)N(CC(N)=O)C2=O)C1=O. The summed E-state index contributed by atoms with van der Waals surface area (Å²) in [6, 6.07) is -1.25. The van der Waals surface area contributed by atoms with Crippen LogP contribution in [0.25, 0.3) is 0 Å². The summed E-state index contributed by atoms with van der Waals surface area (Å²) in [7, 11) is 0. The first-order chi connectivity index (χ1) is 12.5. The van der Waals surface area contributed by atoms with E-state index in [-0.39, 0.29) is 43.0 Å². The molecular weight excluding hydrogens is 354 g/mol. The van der Waals surface area contributed by atoms with Gasteiger partial charge in [-0.2, -0.15) is 0 Å². The lowest BCUT2D eigenvalue weighted by Gasteiger charge is -2.35. The van der Waals surface area contributed by atoms with Gasteiger partial charge >= 0.3 is 12.1 Å². The number of carbonyl (C=O) groups is 5. The van der Waals surface area contributed by atoms with Crippen LogP contribution in [-0.4, -0.2) is 86.6 Å². The van der Waals surface area contributed by atoms with Crippen molar-refractivity contribution in [2.75, 3.05) is 19.6 Å². The van der Waals surface area contributed by atoms with E-state index in [0.29, 0.717) is 6.42 Å². The maximum absolute atomic E-state index is 12.6. The van der Waals surface area contributed by atoms with E-state index >= 15 is 0 Å². The van der Waals surface area contributed by atoms with Crippen LogP contribution in [0.4, 0.5) is 9.59 Å². The quantitative estimate of drug-likeness (QED) is 0.628. The van der Waals surface area contributed by atoms with E-state index in [1.54, 1.807) is 0 Å². The maximum atomic E-state index is 12.6. The van der Waals surface area contributed by atoms with Gasteiger partial charge in [0.2, 0.25) is 5.91 Å². The lowest BCUT2D eigenvalue weighted by molar-refractivity contribution is -0.129. The Balaban J connectivity index is 1.74. The second-order valence-corrected chi connectivity index (χ2v) is 8.15. The van der Waals surface area contributed by atoms with Gasteiger partial charge in [0.25, 0.3) is 11.8 Å². The monoisotopic (exact) mass is 379 g/mol. The van der Waals surface area contributed by atoms with E-state index in [1.807, 2.05) is 27.7 Å². The molecule has 2 N–H and O–H groups in total. The fraction of sp³-hybridized carbons (Fsp3) is 0.706. The molecule has 2 aliphatic heterocycles. The van der Waals surface area contributed by atoms with Crippen molar-refractivity contribution in [1.82, 2.24) is 19.6 Å². The second kappa shape index (κ2) is 6.21. The zero-order chi connectivity index (χ0) is 20.3. The van der Waals surface area contributed by atoms with E-state index in [2.05, 4.69) is 0 Å². The largest absolute Gasteiger partial charge is 0.368 e. The minimum absolute atomic E-state index is 0.0632. The highest BCUT2D eigenvalue weighted by Gasteiger charge is 2.60. The van der Waals surface area contributed by atoms with E-state index in [0.717, 1.165) is 4.90 Å². The molecule has 3 rings (SSSR count). The molecule has 10 heteroatoms. The molecule has 1 aliphatic carbocycles. The van der Waals surface area contributed by atoms with Crippen molar-refractivity contribution in [2.45, 2.75) is 51.7 Å². The zero-order valence-corrected chi connectivity index (χ0v) is 16.0. The summed E-state index contributed by atoms with van der Waals surface area (Å²) < 4.78 is 0. The Hall–Kier alpha value is -2.65. The fourth-order valence-corrected chi connectivity index (χ4v) is 3.99. The number of hydrogen-bond donors (Lipinski definition) is 1. The van der Waals surface area contributed by atoms with Crippen LogP contribution in [-0.2, 0) is 14.4 Å². The maximum Gasteiger partial charge on any atom is 0.328 e. The molecule has 1 saturated carbocycles. The number of hydrogen-bond acceptors (Lipinski definition) is 5. The Labute approximate surface area is 157 Å². The molecule has 2 unspecified atom stereocenters. The number of imide groups is 2. The topological polar surface area (TPSA) is 124 Å². The average molecular weight is 379 g/mol. The molecule has 148 valence electrons. The third-order valence-corrected chi connectivity index (χ3v) is 5.71. The molecule has 10 nitrogen and oxygen atoms in total. The number of amides is 7. The molecule has 3 aliphatic rings. The Morgan fingerprint density at radius 2 is 1.74 bits per heavy atom. The standard InChI is InChI=1S/C17H25N5O5/c1-9(2)19-7-14(25)22(16(19)27)11-5-10(11)17(3,4)21-8-13(24)20(15(21)26)6-12(18)23/h9-11H,5-8H2,1-4H3,(H2,18,23). The highest BCUT2D eigenvalue weighted by molar-refractivity contribution is 6.05. The Morgan fingerprint density at radius 3 is 2.26 bits per heavy atom. The number of carbonyl (C=O) groups excluding carboxylic acids is 5. The van der Waals surface area contributed by atoms with E-state index in [9.17, 15) is 24.0 Å². The lowest BCUT2D eigenvalue weighted by atomic mass is 9.96. The van der Waals surface area contributed by atoms with Gasteiger partial charge < -0.3 is 15.5 Å². The third kappa shape index (κ3) is 3.02. The lowest BCUT2D eigenvalue weighted by Crippen LogP contribution is -2.50. The summed E-state index contributed by atoms with van der Waals surface area (Å²) in [6.07, 6.45) is 0.574. The number of nitrogens with two attached hydrogens (primary N) is 1. The predicted molar refractivity (Wildman–Crippen MR) is 93.1 cm³/mol. The van der Waals surface area contributed by atoms with Gasteiger partial charge in [0.1, 0.15) is 19.6 Å². The summed E-state index contributed by atoms with van der Waals surface area (Å²) in [5.74, 6) is -1.62. The van der Waals surface area contributed by atoms with Crippen LogP contribution in [0.2, 0.25) is 0 Å². The summed E-state index contributed by atoms with van der Waals surface area (Å²) in [6.45, 7) is 6.78. The summed E-state index contributed by atoms with van der Waals surface area (Å²) >= 11 is 0. The predicted octanol–water partition coefficient (Wildman–Crippen LogP) is -0.424. The minimum Gasteiger partial charge on any atom is -0.368 e. The molecule has 0 aromatic rings. The van der Waals surface area contributed by atoms with E-state index in [4.69, 9.17) is 5.73 Å². The van der Waals surface area contributed by atoms with Gasteiger partial charge in [0.15, 0.2) is 0 Å². The van der Waals surface area contributed by atoms with Crippen molar-refractivity contribution in [3.05, 3.63) is 0 Å². The number of primary amides is 1. The van der Waals surface area contributed by atoms with Crippen LogP contribution in [0.5, 0.6) is 0 Å². The Morgan fingerprint density at radius 1 is 1.11 bits per heavy atom. The molecule has 0 spiro atoms. The van der Waals surface area contributed by atoms with E-state index in [1.165, 1.54) is 14.7 Å². The van der Waals surface area contributed by atoms with Crippen molar-refractivity contribution in [1.29, 1.82) is 0 Å². The second-order valence-electron chi connectivity index (χ2n) is 8.15. The smallest absolute Gasteiger partial charge is 0.328 e. The van der Waals surface area contributed by atoms with Crippen LogP contribution in [0.1, 0.15) is 34.1 Å². The molecule has 2 atom stereocenters. The highest BCUT2D eigenvalue weighted by Crippen LogP contribution is 2.48. The van der Waals surface area contributed by atoms with Crippen LogP contribution >= 0.6 is 0 Å². The summed E-state index contributed by atoms with van der Waals surface area (Å²) in [4.78, 5) is 65.7. The van der Waals surface area contributed by atoms with Gasteiger partial charge in [0.05, 0.1) is 0 Å². The molecule has 2 heterocycles. The van der Waals surface area contributed by atoms with Gasteiger partial charge in [-0.15, -0.1) is 0 Å². The van der Waals surface area contributed by atoms with E-state index < -0.39 is 29.9 Å². The fourth-order valence-electron chi connectivity index (χ4n) is 3.99. The number of rotatable bonds is 6. The molecule has 0 aromatic carbocycles. The van der Waals surface area contributed by atoms with Crippen LogP contribution < -0.4 is 5.73 Å². The number of urea groups is 2. The van der Waals surface area contributed by atoms with Crippen molar-refractivity contribution < 1.29 is 24.0 Å². The van der Waals surface area contributed by atoms with Crippen molar-refractivity contribution in [3.8, 4) is 0 Å². The minimum atomic E-state index is -0.761. The molecule has 27 heavy (non-hydrogen) atoms. The molecular formula is C17H25N5O5. The van der Waals surface area contributed by atoms with Gasteiger partial charge in [-0.25, -0.2) is 9.59 Å². The van der Waals surface area contributed by atoms with Gasteiger partial charge in [-0.05, 0) is 34.1 Å². The van der Waals surface area contributed by atoms with Crippen LogP contribution in [0.3, 0.4) is 0 Å². The average Bonchev–Trinajstić information content (AvgIpc) is 3.22. The number of nitrogens with zero attached hydrogens (tertiary/aromatic N) is 4.